The third-order valence-electron chi connectivity index (χ3n) is 4.04. The summed E-state index contributed by atoms with van der Waals surface area (Å²) in [5, 5.41) is 16.9. The number of nitrogens with one attached hydrogen (secondary N) is 1. The number of hydrogen-bond acceptors (Lipinski definition) is 8. The fraction of sp³-hybridized carbons (Fsp3) is 0.158. The van der Waals surface area contributed by atoms with Gasteiger partial charge in [-0.25, -0.2) is 18.1 Å². The van der Waals surface area contributed by atoms with Crippen molar-refractivity contribution in [1.29, 1.82) is 5.26 Å². The maximum Gasteiger partial charge on any atom is 0.325 e. The number of pyridine rings is 1. The molecule has 1 aromatic carbocycles. The molecule has 0 atom stereocenters. The van der Waals surface area contributed by atoms with Gasteiger partial charge in [-0.15, -0.1) is 5.10 Å². The number of ether oxygens (including phenoxy) is 1. The lowest BCUT2D eigenvalue weighted by molar-refractivity contribution is -0.138. The molecule has 0 aliphatic carbocycles. The summed E-state index contributed by atoms with van der Waals surface area (Å²) < 4.78 is 29.4. The Morgan fingerprint density at radius 1 is 1.24 bits per heavy atom. The van der Waals surface area contributed by atoms with Crippen LogP contribution in [0.5, 0.6) is 0 Å². The molecule has 0 bridgehead atoms. The summed E-state index contributed by atoms with van der Waals surface area (Å²) in [6, 6.07) is 14.1. The van der Waals surface area contributed by atoms with Crippen LogP contribution in [0.15, 0.2) is 53.6 Å². The van der Waals surface area contributed by atoms with Gasteiger partial charge in [0.25, 0.3) is 0 Å². The third kappa shape index (κ3) is 4.25. The van der Waals surface area contributed by atoms with Gasteiger partial charge in [0.05, 0.1) is 17.7 Å². The average Bonchev–Trinajstić information content (AvgIpc) is 3.10. The summed E-state index contributed by atoms with van der Waals surface area (Å²) in [6.45, 7) is -0.170. The smallest absolute Gasteiger partial charge is 0.325 e. The van der Waals surface area contributed by atoms with Crippen LogP contribution in [-0.4, -0.2) is 49.1 Å². The fourth-order valence-electron chi connectivity index (χ4n) is 2.62. The Kier molecular flexibility index (Phi) is 5.61. The van der Waals surface area contributed by atoms with Crippen LogP contribution in [0.3, 0.4) is 0 Å². The Bertz CT molecular complexity index is 1180. The van der Waals surface area contributed by atoms with Gasteiger partial charge in [0, 0.05) is 18.0 Å². The number of nitrogens with zero attached hydrogens (tertiary/aromatic N) is 4. The molecule has 2 heterocycles. The number of esters is 1. The average molecular weight is 411 g/mol. The number of carbonyl (C=O) groups excluding carboxylic acids is 1. The Labute approximate surface area is 167 Å². The predicted molar refractivity (Wildman–Crippen MR) is 105 cm³/mol. The number of aromatic nitrogens is 3. The van der Waals surface area contributed by atoms with Crippen LogP contribution in [0, 0.1) is 11.3 Å². The molecule has 0 unspecified atom stereocenters. The van der Waals surface area contributed by atoms with Crippen molar-refractivity contribution in [2.45, 2.75) is 4.90 Å². The van der Waals surface area contributed by atoms with E-state index in [-0.39, 0.29) is 22.8 Å². The summed E-state index contributed by atoms with van der Waals surface area (Å²) >= 11 is 0. The molecule has 10 heteroatoms. The second-order valence-corrected chi connectivity index (χ2v) is 8.03. The molecule has 0 fully saturated rings. The van der Waals surface area contributed by atoms with E-state index in [0.717, 1.165) is 6.26 Å². The summed E-state index contributed by atoms with van der Waals surface area (Å²) in [7, 11) is -2.14. The summed E-state index contributed by atoms with van der Waals surface area (Å²) in [5.74, 6) is -0.00931. The Balaban J connectivity index is 2.16. The number of carbonyl (C=O) groups is 1. The summed E-state index contributed by atoms with van der Waals surface area (Å²) in [5.41, 5.74) is 1.38. The molecule has 29 heavy (non-hydrogen) atoms. The van der Waals surface area contributed by atoms with Gasteiger partial charge in [0.15, 0.2) is 21.5 Å². The SMILES string of the molecule is COC(=O)CNc1nn(-c2ccc(S(C)(=O)=O)cn2)c(-c2ccccc2)c1C#N. The molecule has 9 nitrogen and oxygen atoms in total. The minimum atomic E-state index is -3.40. The van der Waals surface area contributed by atoms with Crippen molar-refractivity contribution in [1.82, 2.24) is 14.8 Å². The zero-order valence-corrected chi connectivity index (χ0v) is 16.5. The zero-order valence-electron chi connectivity index (χ0n) is 15.7. The van der Waals surface area contributed by atoms with Crippen molar-refractivity contribution < 1.29 is 17.9 Å². The lowest BCUT2D eigenvalue weighted by Gasteiger charge is -2.07. The number of rotatable bonds is 6. The van der Waals surface area contributed by atoms with E-state index in [2.05, 4.69) is 26.2 Å². The number of anilines is 1. The second kappa shape index (κ2) is 8.12. The van der Waals surface area contributed by atoms with Gasteiger partial charge in [0.1, 0.15) is 18.2 Å². The lowest BCUT2D eigenvalue weighted by Crippen LogP contribution is -2.16. The van der Waals surface area contributed by atoms with E-state index in [1.54, 1.807) is 0 Å². The molecule has 0 radical (unpaired) electrons. The van der Waals surface area contributed by atoms with Gasteiger partial charge in [-0.3, -0.25) is 4.79 Å². The van der Waals surface area contributed by atoms with Crippen LogP contribution < -0.4 is 5.32 Å². The quantitative estimate of drug-likeness (QED) is 0.608. The van der Waals surface area contributed by atoms with E-state index in [0.29, 0.717) is 17.1 Å². The lowest BCUT2D eigenvalue weighted by atomic mass is 10.1. The van der Waals surface area contributed by atoms with E-state index in [4.69, 9.17) is 0 Å². The van der Waals surface area contributed by atoms with Crippen molar-refractivity contribution in [2.75, 3.05) is 25.2 Å². The van der Waals surface area contributed by atoms with Gasteiger partial charge in [0.2, 0.25) is 0 Å². The summed E-state index contributed by atoms with van der Waals surface area (Å²) in [4.78, 5) is 15.7. The fourth-order valence-corrected chi connectivity index (χ4v) is 3.18. The van der Waals surface area contributed by atoms with Crippen molar-refractivity contribution in [2.24, 2.45) is 0 Å². The molecular formula is C19H17N5O4S. The molecule has 1 N–H and O–H groups in total. The number of methoxy groups -OCH3 is 1. The van der Waals surface area contributed by atoms with Gasteiger partial charge in [-0.05, 0) is 12.1 Å². The predicted octanol–water partition coefficient (Wildman–Crippen LogP) is 1.79. The van der Waals surface area contributed by atoms with Crippen molar-refractivity contribution >= 4 is 21.6 Å². The first-order valence-corrected chi connectivity index (χ1v) is 10.3. The van der Waals surface area contributed by atoms with Crippen molar-refractivity contribution in [3.63, 3.8) is 0 Å². The van der Waals surface area contributed by atoms with E-state index in [9.17, 15) is 18.5 Å². The van der Waals surface area contributed by atoms with Gasteiger partial charge in [-0.2, -0.15) is 5.26 Å². The molecule has 0 amide bonds. The minimum Gasteiger partial charge on any atom is -0.468 e. The highest BCUT2D eigenvalue weighted by Gasteiger charge is 2.22. The first-order valence-electron chi connectivity index (χ1n) is 8.41. The van der Waals surface area contributed by atoms with Crippen LogP contribution in [0.4, 0.5) is 5.82 Å². The maximum absolute atomic E-state index is 11.7. The third-order valence-corrected chi connectivity index (χ3v) is 5.14. The van der Waals surface area contributed by atoms with Crippen molar-refractivity contribution in [3.05, 3.63) is 54.2 Å². The first-order chi connectivity index (χ1) is 13.8. The van der Waals surface area contributed by atoms with Crippen LogP contribution in [-0.2, 0) is 19.4 Å². The minimum absolute atomic E-state index is 0.0687. The molecule has 3 rings (SSSR count). The van der Waals surface area contributed by atoms with Crippen molar-refractivity contribution in [3.8, 4) is 23.1 Å². The van der Waals surface area contributed by atoms with E-state index < -0.39 is 15.8 Å². The molecule has 0 saturated heterocycles. The maximum atomic E-state index is 11.7. The zero-order chi connectivity index (χ0) is 21.0. The molecule has 0 saturated carbocycles. The van der Waals surface area contributed by atoms with E-state index >= 15 is 0 Å². The van der Waals surface area contributed by atoms with Gasteiger partial charge < -0.3 is 10.1 Å². The largest absolute Gasteiger partial charge is 0.468 e. The Hall–Kier alpha value is -3.71. The number of sulfone groups is 1. The van der Waals surface area contributed by atoms with Gasteiger partial charge in [-0.1, -0.05) is 30.3 Å². The topological polar surface area (TPSA) is 127 Å². The molecule has 148 valence electrons. The second-order valence-electron chi connectivity index (χ2n) is 6.02. The van der Waals surface area contributed by atoms with Gasteiger partial charge >= 0.3 is 5.97 Å². The Morgan fingerprint density at radius 2 is 1.97 bits per heavy atom. The number of nitriles is 1. The van der Waals surface area contributed by atoms with Crippen LogP contribution >= 0.6 is 0 Å². The summed E-state index contributed by atoms with van der Waals surface area (Å²) in [6.07, 6.45) is 2.32. The molecule has 0 aliphatic rings. The molecule has 2 aromatic heterocycles. The molecular weight excluding hydrogens is 394 g/mol. The highest BCUT2D eigenvalue weighted by molar-refractivity contribution is 7.90. The van der Waals surface area contributed by atoms with Crippen LogP contribution in [0.1, 0.15) is 5.56 Å². The first kappa shape index (κ1) is 20.0. The van der Waals surface area contributed by atoms with E-state index in [1.165, 1.54) is 30.1 Å². The molecule has 0 aliphatic heterocycles. The Morgan fingerprint density at radius 3 is 2.52 bits per heavy atom. The van der Waals surface area contributed by atoms with Crippen LogP contribution in [0.2, 0.25) is 0 Å². The highest BCUT2D eigenvalue weighted by atomic mass is 32.2. The molecule has 0 spiro atoms. The monoisotopic (exact) mass is 411 g/mol. The molecule has 3 aromatic rings. The number of benzene rings is 1. The standard InChI is InChI=1S/C19H17N5O4S/c1-28-17(25)12-22-19-15(10-20)18(13-6-4-3-5-7-13)24(23-19)16-9-8-14(11-21-16)29(2,26)27/h3-9,11H,12H2,1-2H3,(H,22,23). The number of hydrogen-bond donors (Lipinski definition) is 1. The highest BCUT2D eigenvalue weighted by Crippen LogP contribution is 2.30. The van der Waals surface area contributed by atoms with Crippen LogP contribution in [0.25, 0.3) is 17.1 Å². The normalized spacial score (nSPS) is 10.9. The van der Waals surface area contributed by atoms with E-state index in [1.807, 2.05) is 30.3 Å².